The zero-order valence-corrected chi connectivity index (χ0v) is 13.4. The zero-order chi connectivity index (χ0) is 14.8. The quantitative estimate of drug-likeness (QED) is 0.822. The summed E-state index contributed by atoms with van der Waals surface area (Å²) in [5.41, 5.74) is 0.824. The molecule has 1 aliphatic rings. The molecule has 0 aliphatic heterocycles. The van der Waals surface area contributed by atoms with Crippen LogP contribution in [0.3, 0.4) is 0 Å². The normalized spacial score (nSPS) is 18.2. The minimum absolute atomic E-state index is 0.0683. The Morgan fingerprint density at radius 1 is 1.55 bits per heavy atom. The number of thiazole rings is 1. The second kappa shape index (κ2) is 6.00. The Hall–Kier alpha value is -0.640. The summed E-state index contributed by atoms with van der Waals surface area (Å²) in [6.45, 7) is 0.327. The van der Waals surface area contributed by atoms with Crippen LogP contribution in [0, 0.1) is 0 Å². The van der Waals surface area contributed by atoms with Crippen molar-refractivity contribution in [3.05, 3.63) is 11.2 Å². The van der Waals surface area contributed by atoms with E-state index in [-0.39, 0.29) is 8.96 Å². The Balaban J connectivity index is 2.15. The fourth-order valence-electron chi connectivity index (χ4n) is 2.33. The van der Waals surface area contributed by atoms with Crippen LogP contribution in [0.2, 0.25) is 0 Å². The van der Waals surface area contributed by atoms with E-state index >= 15 is 0 Å². The highest BCUT2D eigenvalue weighted by atomic mass is 32.2. The maximum atomic E-state index is 12.2. The van der Waals surface area contributed by atoms with Gasteiger partial charge in [0.1, 0.15) is 0 Å². The largest absolute Gasteiger partial charge is 0.476 e. The molecule has 20 heavy (non-hydrogen) atoms. The van der Waals surface area contributed by atoms with Crippen LogP contribution in [0.25, 0.3) is 0 Å². The van der Waals surface area contributed by atoms with Crippen molar-refractivity contribution in [2.24, 2.45) is 0 Å². The van der Waals surface area contributed by atoms with Crippen LogP contribution in [-0.4, -0.2) is 42.0 Å². The number of aromatic nitrogens is 1. The first-order chi connectivity index (χ1) is 9.40. The van der Waals surface area contributed by atoms with E-state index in [2.05, 4.69) is 9.71 Å². The summed E-state index contributed by atoms with van der Waals surface area (Å²) in [6.07, 6.45) is 6.14. The molecule has 1 saturated carbocycles. The van der Waals surface area contributed by atoms with Crippen molar-refractivity contribution >= 4 is 39.1 Å². The molecule has 0 atom stereocenters. The fraction of sp³-hybridized carbons (Fsp3) is 0.636. The smallest absolute Gasteiger partial charge is 0.356 e. The van der Waals surface area contributed by atoms with Gasteiger partial charge >= 0.3 is 5.97 Å². The fourth-order valence-corrected chi connectivity index (χ4v) is 5.65. The van der Waals surface area contributed by atoms with E-state index in [0.29, 0.717) is 6.54 Å². The highest BCUT2D eigenvalue weighted by Gasteiger charge is 2.35. The van der Waals surface area contributed by atoms with Gasteiger partial charge in [-0.25, -0.2) is 22.9 Å². The molecule has 6 nitrogen and oxygen atoms in total. The monoisotopic (exact) mass is 336 g/mol. The van der Waals surface area contributed by atoms with E-state index in [1.807, 2.05) is 6.26 Å². The predicted molar refractivity (Wildman–Crippen MR) is 79.0 cm³/mol. The van der Waals surface area contributed by atoms with Crippen molar-refractivity contribution in [2.45, 2.75) is 34.6 Å². The summed E-state index contributed by atoms with van der Waals surface area (Å²) >= 11 is 2.50. The van der Waals surface area contributed by atoms with Crippen molar-refractivity contribution in [1.29, 1.82) is 0 Å². The van der Waals surface area contributed by atoms with Crippen molar-refractivity contribution in [1.82, 2.24) is 9.71 Å². The summed E-state index contributed by atoms with van der Waals surface area (Å²) in [7, 11) is -3.82. The van der Waals surface area contributed by atoms with E-state index in [1.165, 1.54) is 5.51 Å². The Labute approximate surface area is 126 Å². The van der Waals surface area contributed by atoms with E-state index in [0.717, 1.165) is 37.0 Å². The summed E-state index contributed by atoms with van der Waals surface area (Å²) < 4.78 is 26.7. The second-order valence-electron chi connectivity index (χ2n) is 4.71. The van der Waals surface area contributed by atoms with Crippen LogP contribution >= 0.6 is 23.1 Å². The van der Waals surface area contributed by atoms with Gasteiger partial charge in [-0.05, 0) is 19.1 Å². The average molecular weight is 336 g/mol. The second-order valence-corrected chi connectivity index (χ2v) is 8.80. The number of hydrogen-bond donors (Lipinski definition) is 2. The number of carbonyl (C=O) groups is 1. The van der Waals surface area contributed by atoms with E-state index in [4.69, 9.17) is 5.11 Å². The van der Waals surface area contributed by atoms with E-state index in [1.54, 1.807) is 11.8 Å². The number of sulfonamides is 1. The molecule has 9 heteroatoms. The Bertz CT molecular complexity index is 591. The summed E-state index contributed by atoms with van der Waals surface area (Å²) in [5.74, 6) is -1.33. The lowest BCUT2D eigenvalue weighted by molar-refractivity contribution is 0.0687. The van der Waals surface area contributed by atoms with Crippen molar-refractivity contribution in [2.75, 3.05) is 12.8 Å². The molecular formula is C11H16N2O4S3. The molecule has 0 aromatic carbocycles. The minimum Gasteiger partial charge on any atom is -0.476 e. The molecule has 2 rings (SSSR count). The molecule has 0 amide bonds. The molecule has 2 N–H and O–H groups in total. The van der Waals surface area contributed by atoms with Gasteiger partial charge < -0.3 is 5.11 Å². The first kappa shape index (κ1) is 15.7. The summed E-state index contributed by atoms with van der Waals surface area (Å²) in [6, 6.07) is 0. The third-order valence-electron chi connectivity index (χ3n) is 3.51. The highest BCUT2D eigenvalue weighted by Crippen LogP contribution is 2.39. The molecule has 1 fully saturated rings. The van der Waals surface area contributed by atoms with Crippen LogP contribution in [0.15, 0.2) is 9.72 Å². The molecule has 1 aromatic heterocycles. The number of nitrogens with zero attached hydrogens (tertiary/aromatic N) is 1. The van der Waals surface area contributed by atoms with E-state index in [9.17, 15) is 13.2 Å². The number of thioether (sulfide) groups is 1. The van der Waals surface area contributed by atoms with Gasteiger partial charge in [-0.2, -0.15) is 11.8 Å². The Morgan fingerprint density at radius 2 is 2.20 bits per heavy atom. The Morgan fingerprint density at radius 3 is 2.75 bits per heavy atom. The van der Waals surface area contributed by atoms with Crippen LogP contribution < -0.4 is 4.72 Å². The first-order valence-electron chi connectivity index (χ1n) is 6.12. The maximum absolute atomic E-state index is 12.2. The maximum Gasteiger partial charge on any atom is 0.356 e. The van der Waals surface area contributed by atoms with Gasteiger partial charge in [-0.3, -0.25) is 0 Å². The number of carboxylic acid groups (broad SMARTS) is 1. The zero-order valence-electron chi connectivity index (χ0n) is 11.0. The van der Waals surface area contributed by atoms with Crippen molar-refractivity contribution in [3.63, 3.8) is 0 Å². The van der Waals surface area contributed by atoms with Gasteiger partial charge in [0, 0.05) is 11.3 Å². The van der Waals surface area contributed by atoms with Gasteiger partial charge in [-0.1, -0.05) is 12.8 Å². The molecule has 1 heterocycles. The standard InChI is InChI=1S/C11H16N2O4S3/c1-18-11(4-2-3-5-11)6-13-20(16,17)10-8(9(14)15)12-7-19-10/h7,13H,2-6H2,1H3,(H,14,15). The number of nitrogens with one attached hydrogen (secondary N) is 1. The molecule has 112 valence electrons. The third-order valence-corrected chi connectivity index (χ3v) is 7.70. The molecule has 0 bridgehead atoms. The Kier molecular flexibility index (Phi) is 4.73. The molecular weight excluding hydrogens is 320 g/mol. The first-order valence-corrected chi connectivity index (χ1v) is 9.71. The van der Waals surface area contributed by atoms with Gasteiger partial charge in [0.25, 0.3) is 10.0 Å². The molecule has 0 radical (unpaired) electrons. The van der Waals surface area contributed by atoms with Crippen molar-refractivity contribution < 1.29 is 18.3 Å². The summed E-state index contributed by atoms with van der Waals surface area (Å²) in [5, 5.41) is 8.94. The van der Waals surface area contributed by atoms with Crippen LogP contribution in [0.5, 0.6) is 0 Å². The van der Waals surface area contributed by atoms with Gasteiger partial charge in [-0.15, -0.1) is 11.3 Å². The molecule has 0 spiro atoms. The highest BCUT2D eigenvalue weighted by molar-refractivity contribution is 8.00. The molecule has 1 aromatic rings. The number of rotatable bonds is 6. The SMILES string of the molecule is CSC1(CNS(=O)(=O)c2scnc2C(=O)O)CCCC1. The summed E-state index contributed by atoms with van der Waals surface area (Å²) in [4.78, 5) is 14.6. The third kappa shape index (κ3) is 3.16. The lowest BCUT2D eigenvalue weighted by Gasteiger charge is -2.26. The average Bonchev–Trinajstić information content (AvgIpc) is 3.06. The van der Waals surface area contributed by atoms with Crippen molar-refractivity contribution in [3.8, 4) is 0 Å². The van der Waals surface area contributed by atoms with E-state index < -0.39 is 21.7 Å². The number of carboxylic acids is 1. The number of aromatic carboxylic acids is 1. The molecule has 0 unspecified atom stereocenters. The van der Waals surface area contributed by atoms with Crippen LogP contribution in [-0.2, 0) is 10.0 Å². The van der Waals surface area contributed by atoms with Crippen LogP contribution in [0.4, 0.5) is 0 Å². The molecule has 1 aliphatic carbocycles. The lowest BCUT2D eigenvalue weighted by atomic mass is 10.1. The topological polar surface area (TPSA) is 96.4 Å². The van der Waals surface area contributed by atoms with Crippen LogP contribution in [0.1, 0.15) is 36.2 Å². The van der Waals surface area contributed by atoms with Gasteiger partial charge in [0.2, 0.25) is 0 Å². The predicted octanol–water partition coefficient (Wildman–Crippen LogP) is 1.80. The molecule has 0 saturated heterocycles. The number of hydrogen-bond acceptors (Lipinski definition) is 6. The lowest BCUT2D eigenvalue weighted by Crippen LogP contribution is -2.38. The van der Waals surface area contributed by atoms with Gasteiger partial charge in [0.05, 0.1) is 5.51 Å². The van der Waals surface area contributed by atoms with Gasteiger partial charge in [0.15, 0.2) is 9.90 Å². The minimum atomic E-state index is -3.82.